The van der Waals surface area contributed by atoms with Gasteiger partial charge in [0.05, 0.1) is 0 Å². The molecule has 12 heavy (non-hydrogen) atoms. The Bertz CT molecular complexity index is 234. The molecule has 0 aromatic carbocycles. The van der Waals surface area contributed by atoms with Gasteiger partial charge in [-0.25, -0.2) is 0 Å². The lowest BCUT2D eigenvalue weighted by atomic mass is 9.89. The van der Waals surface area contributed by atoms with E-state index in [2.05, 4.69) is 15.6 Å². The fourth-order valence-electron chi connectivity index (χ4n) is 1.09. The van der Waals surface area contributed by atoms with Crippen LogP contribution in [0, 0.1) is 5.92 Å². The van der Waals surface area contributed by atoms with Gasteiger partial charge in [0.2, 0.25) is 0 Å². The molecular formula is C8H15N3O. The molecule has 4 heteroatoms. The average Bonchev–Trinajstić information content (AvgIpc) is 2.29. The number of nitrogens with one attached hydrogen (secondary N) is 2. The molecule has 2 N–H and O–H groups in total. The van der Waals surface area contributed by atoms with E-state index in [1.165, 1.54) is 0 Å². The van der Waals surface area contributed by atoms with Gasteiger partial charge in [0.1, 0.15) is 5.54 Å². The van der Waals surface area contributed by atoms with Gasteiger partial charge in [0, 0.05) is 7.05 Å². The van der Waals surface area contributed by atoms with E-state index in [9.17, 15) is 4.79 Å². The lowest BCUT2D eigenvalue weighted by molar-refractivity contribution is -0.124. The lowest BCUT2D eigenvalue weighted by Crippen LogP contribution is -2.48. The first-order valence-corrected chi connectivity index (χ1v) is 4.07. The second-order valence-corrected chi connectivity index (χ2v) is 3.51. The van der Waals surface area contributed by atoms with Crippen LogP contribution in [0.4, 0.5) is 0 Å². The Labute approximate surface area is 72.4 Å². The zero-order valence-electron chi connectivity index (χ0n) is 7.93. The highest BCUT2D eigenvalue weighted by Crippen LogP contribution is 2.19. The highest BCUT2D eigenvalue weighted by Gasteiger charge is 2.42. The van der Waals surface area contributed by atoms with Crippen molar-refractivity contribution in [3.05, 3.63) is 0 Å². The molecule has 4 nitrogen and oxygen atoms in total. The van der Waals surface area contributed by atoms with Crippen LogP contribution in [0.15, 0.2) is 4.99 Å². The molecule has 1 fully saturated rings. The third kappa shape index (κ3) is 1.17. The molecule has 1 aliphatic heterocycles. The fraction of sp³-hybridized carbons (Fsp3) is 0.750. The highest BCUT2D eigenvalue weighted by molar-refractivity contribution is 6.08. The van der Waals surface area contributed by atoms with Crippen LogP contribution in [0.3, 0.4) is 0 Å². The van der Waals surface area contributed by atoms with Crippen molar-refractivity contribution in [1.82, 2.24) is 10.6 Å². The van der Waals surface area contributed by atoms with Crippen LogP contribution in [0.1, 0.15) is 20.8 Å². The minimum atomic E-state index is -0.505. The zero-order valence-corrected chi connectivity index (χ0v) is 7.93. The van der Waals surface area contributed by atoms with Crippen molar-refractivity contribution in [3.8, 4) is 0 Å². The maximum Gasteiger partial charge on any atom is 0.252 e. The van der Waals surface area contributed by atoms with Crippen molar-refractivity contribution in [2.75, 3.05) is 7.05 Å². The van der Waals surface area contributed by atoms with Gasteiger partial charge in [-0.3, -0.25) is 15.1 Å². The van der Waals surface area contributed by atoms with Gasteiger partial charge in [-0.05, 0) is 12.8 Å². The minimum absolute atomic E-state index is 0.00176. The van der Waals surface area contributed by atoms with Gasteiger partial charge in [0.25, 0.3) is 5.91 Å². The van der Waals surface area contributed by atoms with Crippen molar-refractivity contribution in [3.63, 3.8) is 0 Å². The minimum Gasteiger partial charge on any atom is -0.342 e. The van der Waals surface area contributed by atoms with Gasteiger partial charge >= 0.3 is 0 Å². The second-order valence-electron chi connectivity index (χ2n) is 3.51. The van der Waals surface area contributed by atoms with Crippen LogP contribution in [0.25, 0.3) is 0 Å². The largest absolute Gasteiger partial charge is 0.342 e. The highest BCUT2D eigenvalue weighted by atomic mass is 16.2. The Kier molecular flexibility index (Phi) is 2.08. The SMILES string of the molecule is CN=C1NC(=O)[C@@](C)(C(C)C)N1. The number of hydrogen-bond donors (Lipinski definition) is 2. The molecule has 0 aromatic heterocycles. The van der Waals surface area contributed by atoms with Crippen molar-refractivity contribution < 1.29 is 4.79 Å². The van der Waals surface area contributed by atoms with E-state index in [0.717, 1.165) is 0 Å². The Hall–Kier alpha value is -1.06. The molecule has 0 unspecified atom stereocenters. The summed E-state index contributed by atoms with van der Waals surface area (Å²) in [6.07, 6.45) is 0. The Morgan fingerprint density at radius 3 is 2.33 bits per heavy atom. The molecule has 68 valence electrons. The molecule has 0 bridgehead atoms. The van der Waals surface area contributed by atoms with Crippen molar-refractivity contribution in [2.45, 2.75) is 26.3 Å². The first-order valence-electron chi connectivity index (χ1n) is 4.07. The molecule has 1 aliphatic rings. The van der Waals surface area contributed by atoms with E-state index in [0.29, 0.717) is 5.96 Å². The van der Waals surface area contributed by atoms with Gasteiger partial charge in [-0.2, -0.15) is 0 Å². The molecule has 0 aliphatic carbocycles. The van der Waals surface area contributed by atoms with Gasteiger partial charge < -0.3 is 5.32 Å². The molecule has 0 saturated carbocycles. The average molecular weight is 169 g/mol. The Morgan fingerprint density at radius 1 is 1.50 bits per heavy atom. The third-order valence-electron chi connectivity index (χ3n) is 2.46. The molecule has 0 spiro atoms. The van der Waals surface area contributed by atoms with Gasteiger partial charge in [-0.1, -0.05) is 13.8 Å². The first-order chi connectivity index (χ1) is 5.50. The van der Waals surface area contributed by atoms with Crippen LogP contribution < -0.4 is 10.6 Å². The number of amides is 1. The summed E-state index contributed by atoms with van der Waals surface area (Å²) in [5.74, 6) is 0.811. The molecule has 0 aromatic rings. The number of rotatable bonds is 1. The van der Waals surface area contributed by atoms with E-state index in [4.69, 9.17) is 0 Å². The number of hydrogen-bond acceptors (Lipinski definition) is 2. The predicted octanol–water partition coefficient (Wildman–Crippen LogP) is 0.106. The number of aliphatic imine (C=N–C) groups is 1. The smallest absolute Gasteiger partial charge is 0.252 e. The van der Waals surface area contributed by atoms with Crippen molar-refractivity contribution in [1.29, 1.82) is 0 Å². The van der Waals surface area contributed by atoms with Crippen molar-refractivity contribution >= 4 is 11.9 Å². The van der Waals surface area contributed by atoms with Gasteiger partial charge in [-0.15, -0.1) is 0 Å². The lowest BCUT2D eigenvalue weighted by Gasteiger charge is -2.25. The van der Waals surface area contributed by atoms with Crippen LogP contribution in [-0.2, 0) is 4.79 Å². The van der Waals surface area contributed by atoms with E-state index in [-0.39, 0.29) is 11.8 Å². The summed E-state index contributed by atoms with van der Waals surface area (Å²) >= 11 is 0. The molecule has 1 saturated heterocycles. The predicted molar refractivity (Wildman–Crippen MR) is 47.9 cm³/mol. The van der Waals surface area contributed by atoms with Crippen LogP contribution in [0.5, 0.6) is 0 Å². The summed E-state index contributed by atoms with van der Waals surface area (Å²) in [5, 5.41) is 5.73. The van der Waals surface area contributed by atoms with E-state index >= 15 is 0 Å². The van der Waals surface area contributed by atoms with Crippen LogP contribution in [-0.4, -0.2) is 24.5 Å². The van der Waals surface area contributed by atoms with Gasteiger partial charge in [0.15, 0.2) is 5.96 Å². The number of guanidine groups is 1. The fourth-order valence-corrected chi connectivity index (χ4v) is 1.09. The molecular weight excluding hydrogens is 154 g/mol. The first kappa shape index (κ1) is 9.03. The maximum absolute atomic E-state index is 11.5. The number of carbonyl (C=O) groups excluding carboxylic acids is 1. The Balaban J connectivity index is 2.89. The molecule has 1 rings (SSSR count). The summed E-state index contributed by atoms with van der Waals surface area (Å²) in [6.45, 7) is 5.89. The normalized spacial score (nSPS) is 32.4. The summed E-state index contributed by atoms with van der Waals surface area (Å²) in [5.41, 5.74) is -0.505. The molecule has 0 radical (unpaired) electrons. The monoisotopic (exact) mass is 169 g/mol. The maximum atomic E-state index is 11.5. The quantitative estimate of drug-likeness (QED) is 0.585. The molecule has 1 amide bonds. The summed E-state index contributed by atoms with van der Waals surface area (Å²) < 4.78 is 0. The van der Waals surface area contributed by atoms with Crippen LogP contribution in [0.2, 0.25) is 0 Å². The van der Waals surface area contributed by atoms with E-state index in [1.54, 1.807) is 7.05 Å². The van der Waals surface area contributed by atoms with E-state index in [1.807, 2.05) is 20.8 Å². The number of carbonyl (C=O) groups is 1. The topological polar surface area (TPSA) is 53.5 Å². The molecule has 1 heterocycles. The summed E-state index contributed by atoms with van der Waals surface area (Å²) in [6, 6.07) is 0. The van der Waals surface area contributed by atoms with Crippen LogP contribution >= 0.6 is 0 Å². The molecule has 1 atom stereocenters. The second kappa shape index (κ2) is 2.77. The third-order valence-corrected chi connectivity index (χ3v) is 2.46. The van der Waals surface area contributed by atoms with E-state index < -0.39 is 5.54 Å². The number of nitrogens with zero attached hydrogens (tertiary/aromatic N) is 1. The Morgan fingerprint density at radius 2 is 2.08 bits per heavy atom. The standard InChI is InChI=1S/C8H15N3O/c1-5(2)8(3)6(12)10-7(9-4)11-8/h5H,1-4H3,(H2,9,10,11,12)/t8-/m1/s1. The zero-order chi connectivity index (χ0) is 9.35. The summed E-state index contributed by atoms with van der Waals surface area (Å²) in [7, 11) is 1.65. The van der Waals surface area contributed by atoms with Crippen molar-refractivity contribution in [2.24, 2.45) is 10.9 Å². The summed E-state index contributed by atoms with van der Waals surface area (Å²) in [4.78, 5) is 15.3.